The Morgan fingerprint density at radius 2 is 1.79 bits per heavy atom. The van der Waals surface area contributed by atoms with E-state index in [1.165, 1.54) is 0 Å². The van der Waals surface area contributed by atoms with E-state index < -0.39 is 5.60 Å². The first-order valence-corrected chi connectivity index (χ1v) is 11.7. The predicted octanol–water partition coefficient (Wildman–Crippen LogP) is 4.88. The van der Waals surface area contributed by atoms with E-state index in [-0.39, 0.29) is 18.6 Å². The number of carbonyl (C=O) groups excluding carboxylic acids is 1. The normalized spacial score (nSPS) is 17.7. The minimum absolute atomic E-state index is 0.0619. The van der Waals surface area contributed by atoms with Crippen molar-refractivity contribution in [3.05, 3.63) is 89.4 Å². The number of nitrogens with zero attached hydrogens (tertiary/aromatic N) is 1. The van der Waals surface area contributed by atoms with Crippen LogP contribution in [0.2, 0.25) is 5.02 Å². The summed E-state index contributed by atoms with van der Waals surface area (Å²) in [5.74, 6) is 1.09. The highest BCUT2D eigenvalue weighted by Gasteiger charge is 2.31. The lowest BCUT2D eigenvalue weighted by molar-refractivity contribution is -0.0141. The van der Waals surface area contributed by atoms with Crippen LogP contribution < -0.4 is 14.8 Å². The van der Waals surface area contributed by atoms with Gasteiger partial charge in [-0.05, 0) is 61.9 Å². The van der Waals surface area contributed by atoms with Crippen LogP contribution in [0.25, 0.3) is 0 Å². The number of ether oxygens (including phenoxy) is 2. The average molecular weight is 481 g/mol. The summed E-state index contributed by atoms with van der Waals surface area (Å²) in [7, 11) is 0. The lowest BCUT2D eigenvalue weighted by Gasteiger charge is -2.29. The molecule has 7 heteroatoms. The number of rotatable bonds is 9. The van der Waals surface area contributed by atoms with Crippen molar-refractivity contribution in [1.82, 2.24) is 4.90 Å². The van der Waals surface area contributed by atoms with E-state index in [0.29, 0.717) is 28.6 Å². The lowest BCUT2D eigenvalue weighted by Crippen LogP contribution is -2.44. The maximum Gasteiger partial charge on any atom is 0.255 e. The van der Waals surface area contributed by atoms with Crippen LogP contribution in [0.15, 0.2) is 78.9 Å². The molecule has 1 fully saturated rings. The maximum atomic E-state index is 12.5. The Hall–Kier alpha value is -3.06. The molecular weight excluding hydrogens is 452 g/mol. The second-order valence-corrected chi connectivity index (χ2v) is 9.26. The van der Waals surface area contributed by atoms with E-state index in [1.54, 1.807) is 31.2 Å². The molecule has 4 rings (SSSR count). The van der Waals surface area contributed by atoms with E-state index in [0.717, 1.165) is 25.3 Å². The molecule has 0 radical (unpaired) electrons. The van der Waals surface area contributed by atoms with Crippen molar-refractivity contribution < 1.29 is 19.4 Å². The van der Waals surface area contributed by atoms with Crippen LogP contribution in [0, 0.1) is 0 Å². The summed E-state index contributed by atoms with van der Waals surface area (Å²) in [5, 5.41) is 14.6. The fourth-order valence-corrected chi connectivity index (χ4v) is 4.11. The molecule has 0 bridgehead atoms. The van der Waals surface area contributed by atoms with Crippen molar-refractivity contribution in [3.8, 4) is 11.5 Å². The summed E-state index contributed by atoms with van der Waals surface area (Å²) in [6.45, 7) is 3.85. The van der Waals surface area contributed by atoms with Crippen LogP contribution in [-0.4, -0.2) is 53.9 Å². The van der Waals surface area contributed by atoms with Crippen LogP contribution in [-0.2, 0) is 0 Å². The molecule has 34 heavy (non-hydrogen) atoms. The molecule has 0 aliphatic carbocycles. The third-order valence-electron chi connectivity index (χ3n) is 5.62. The maximum absolute atomic E-state index is 12.5. The molecule has 1 aliphatic rings. The number of hydrogen-bond donors (Lipinski definition) is 2. The lowest BCUT2D eigenvalue weighted by atomic mass is 10.1. The Morgan fingerprint density at radius 3 is 2.56 bits per heavy atom. The number of anilines is 1. The highest BCUT2D eigenvalue weighted by molar-refractivity contribution is 6.30. The zero-order valence-corrected chi connectivity index (χ0v) is 19.9. The van der Waals surface area contributed by atoms with E-state index in [4.69, 9.17) is 21.1 Å². The fourth-order valence-electron chi connectivity index (χ4n) is 3.98. The number of likely N-dealkylation sites (tertiary alicyclic amines) is 1. The van der Waals surface area contributed by atoms with Crippen molar-refractivity contribution >= 4 is 23.2 Å². The van der Waals surface area contributed by atoms with Gasteiger partial charge in [-0.15, -0.1) is 0 Å². The molecule has 1 aliphatic heterocycles. The van der Waals surface area contributed by atoms with Gasteiger partial charge in [0.1, 0.15) is 29.8 Å². The number of benzene rings is 3. The average Bonchev–Trinajstić information content (AvgIpc) is 3.26. The number of β-amino-alcohol motifs (C(OH)–C–C–N with tert-alkyl or cyclic N) is 1. The number of amides is 1. The van der Waals surface area contributed by atoms with Crippen molar-refractivity contribution in [1.29, 1.82) is 0 Å². The number of hydrogen-bond acceptors (Lipinski definition) is 5. The van der Waals surface area contributed by atoms with Gasteiger partial charge >= 0.3 is 0 Å². The topological polar surface area (TPSA) is 71.0 Å². The van der Waals surface area contributed by atoms with Crippen LogP contribution >= 0.6 is 11.6 Å². The number of halogens is 1. The molecule has 3 aromatic carbocycles. The SMILES string of the molecule is CC(O)(COc1ccccc1NC(=O)c1ccccc1)CN1CCC(Oc2ccc(Cl)cc2)C1. The molecule has 2 atom stereocenters. The standard InChI is InChI=1S/C27H29ClN2O4/c1-27(32,18-30-16-15-23(17-30)34-22-13-11-21(28)12-14-22)19-33-25-10-6-5-9-24(25)29-26(31)20-7-3-2-4-8-20/h2-14,23,32H,15-19H2,1H3,(H,29,31). The summed E-state index contributed by atoms with van der Waals surface area (Å²) in [5.41, 5.74) is 0.0459. The fraction of sp³-hybridized carbons (Fsp3) is 0.296. The highest BCUT2D eigenvalue weighted by Crippen LogP contribution is 2.26. The van der Waals surface area contributed by atoms with Gasteiger partial charge in [0.2, 0.25) is 0 Å². The number of para-hydroxylation sites is 2. The third-order valence-corrected chi connectivity index (χ3v) is 5.87. The van der Waals surface area contributed by atoms with Gasteiger partial charge < -0.3 is 19.9 Å². The Morgan fingerprint density at radius 1 is 1.09 bits per heavy atom. The zero-order valence-electron chi connectivity index (χ0n) is 19.1. The first-order valence-electron chi connectivity index (χ1n) is 11.3. The largest absolute Gasteiger partial charge is 0.489 e. The molecule has 1 amide bonds. The van der Waals surface area contributed by atoms with Crippen LogP contribution in [0.1, 0.15) is 23.7 Å². The molecule has 0 saturated carbocycles. The van der Waals surface area contributed by atoms with Crippen molar-refractivity contribution in [3.63, 3.8) is 0 Å². The summed E-state index contributed by atoms with van der Waals surface area (Å²) >= 11 is 5.94. The van der Waals surface area contributed by atoms with Crippen molar-refractivity contribution in [2.24, 2.45) is 0 Å². The Balaban J connectivity index is 1.29. The smallest absolute Gasteiger partial charge is 0.255 e. The molecule has 1 heterocycles. The van der Waals surface area contributed by atoms with Crippen LogP contribution in [0.3, 0.4) is 0 Å². The highest BCUT2D eigenvalue weighted by atomic mass is 35.5. The third kappa shape index (κ3) is 6.73. The first-order chi connectivity index (χ1) is 16.4. The number of aliphatic hydroxyl groups is 1. The van der Waals surface area contributed by atoms with E-state index in [9.17, 15) is 9.90 Å². The van der Waals surface area contributed by atoms with Gasteiger partial charge in [0.15, 0.2) is 0 Å². The molecule has 3 aromatic rings. The molecule has 0 aromatic heterocycles. The minimum atomic E-state index is -1.08. The quantitative estimate of drug-likeness (QED) is 0.457. The molecule has 1 saturated heterocycles. The molecule has 6 nitrogen and oxygen atoms in total. The summed E-state index contributed by atoms with van der Waals surface area (Å²) in [4.78, 5) is 14.7. The molecular formula is C27H29ClN2O4. The Kier molecular flexibility index (Phi) is 7.73. The van der Waals surface area contributed by atoms with E-state index >= 15 is 0 Å². The number of carbonyl (C=O) groups is 1. The Bertz CT molecular complexity index is 1090. The molecule has 0 spiro atoms. The first kappa shape index (κ1) is 24.1. The van der Waals surface area contributed by atoms with Gasteiger partial charge in [-0.2, -0.15) is 0 Å². The summed E-state index contributed by atoms with van der Waals surface area (Å²) in [6.07, 6.45) is 0.945. The van der Waals surface area contributed by atoms with Gasteiger partial charge in [0, 0.05) is 30.2 Å². The van der Waals surface area contributed by atoms with Crippen molar-refractivity contribution in [2.45, 2.75) is 25.0 Å². The van der Waals surface area contributed by atoms with Gasteiger partial charge in [-0.25, -0.2) is 0 Å². The van der Waals surface area contributed by atoms with E-state index in [1.807, 2.05) is 54.6 Å². The van der Waals surface area contributed by atoms with Gasteiger partial charge in [-0.1, -0.05) is 41.9 Å². The van der Waals surface area contributed by atoms with Gasteiger partial charge in [-0.3, -0.25) is 9.69 Å². The Labute approximate surface area is 205 Å². The van der Waals surface area contributed by atoms with Crippen LogP contribution in [0.4, 0.5) is 5.69 Å². The second-order valence-electron chi connectivity index (χ2n) is 8.82. The van der Waals surface area contributed by atoms with Gasteiger partial charge in [0.25, 0.3) is 5.91 Å². The number of nitrogens with one attached hydrogen (secondary N) is 1. The molecule has 2 N–H and O–H groups in total. The molecule has 2 unspecified atom stereocenters. The van der Waals surface area contributed by atoms with E-state index in [2.05, 4.69) is 10.2 Å². The second kappa shape index (κ2) is 10.9. The zero-order chi connectivity index (χ0) is 24.0. The summed E-state index contributed by atoms with van der Waals surface area (Å²) < 4.78 is 12.0. The summed E-state index contributed by atoms with van der Waals surface area (Å²) in [6, 6.07) is 23.6. The molecule has 178 valence electrons. The minimum Gasteiger partial charge on any atom is -0.489 e. The van der Waals surface area contributed by atoms with Crippen LogP contribution in [0.5, 0.6) is 11.5 Å². The van der Waals surface area contributed by atoms with Crippen molar-refractivity contribution in [2.75, 3.05) is 31.6 Å². The van der Waals surface area contributed by atoms with Gasteiger partial charge in [0.05, 0.1) is 5.69 Å². The monoisotopic (exact) mass is 480 g/mol. The predicted molar refractivity (Wildman–Crippen MR) is 134 cm³/mol.